The summed E-state index contributed by atoms with van der Waals surface area (Å²) in [5, 5.41) is 3.22. The maximum atomic E-state index is 12.7. The van der Waals surface area contributed by atoms with Gasteiger partial charge in [0.15, 0.2) is 0 Å². The van der Waals surface area contributed by atoms with Gasteiger partial charge in [-0.3, -0.25) is 9.69 Å². The number of nitrogens with one attached hydrogen (secondary N) is 1. The predicted molar refractivity (Wildman–Crippen MR) is 111 cm³/mol. The van der Waals surface area contributed by atoms with Gasteiger partial charge >= 0.3 is 6.03 Å². The molecule has 2 heterocycles. The highest BCUT2D eigenvalue weighted by Crippen LogP contribution is 2.26. The molecule has 0 spiro atoms. The first-order valence-electron chi connectivity index (χ1n) is 9.46. The van der Waals surface area contributed by atoms with E-state index in [2.05, 4.69) is 22.3 Å². The first-order chi connectivity index (χ1) is 13.5. The van der Waals surface area contributed by atoms with Gasteiger partial charge in [-0.25, -0.2) is 4.79 Å². The Bertz CT molecular complexity index is 964. The van der Waals surface area contributed by atoms with Gasteiger partial charge in [0.1, 0.15) is 5.70 Å². The van der Waals surface area contributed by atoms with Crippen molar-refractivity contribution in [3.8, 4) is 0 Å². The Balaban J connectivity index is 1.54. The van der Waals surface area contributed by atoms with Gasteiger partial charge in [0.25, 0.3) is 5.91 Å². The average molecular weight is 396 g/mol. The second-order valence-electron chi connectivity index (χ2n) is 7.21. The molecule has 4 rings (SSSR count). The quantitative estimate of drug-likeness (QED) is 0.618. The van der Waals surface area contributed by atoms with E-state index in [9.17, 15) is 9.59 Å². The van der Waals surface area contributed by atoms with Gasteiger partial charge in [0.2, 0.25) is 0 Å². The zero-order valence-corrected chi connectivity index (χ0v) is 16.5. The summed E-state index contributed by atoms with van der Waals surface area (Å²) in [5.74, 6) is -0.340. The molecule has 2 aliphatic heterocycles. The number of nitrogens with zero attached hydrogens (tertiary/aromatic N) is 2. The Labute approximate surface area is 169 Å². The lowest BCUT2D eigenvalue weighted by Gasteiger charge is -2.18. The van der Waals surface area contributed by atoms with Crippen molar-refractivity contribution in [2.24, 2.45) is 0 Å². The Morgan fingerprint density at radius 3 is 2.57 bits per heavy atom. The molecule has 6 heteroatoms. The number of hydrogen-bond acceptors (Lipinski definition) is 3. The third kappa shape index (κ3) is 3.62. The third-order valence-electron chi connectivity index (χ3n) is 5.27. The molecule has 2 aromatic rings. The normalized spacial score (nSPS) is 18.3. The zero-order valence-electron chi connectivity index (χ0n) is 15.7. The van der Waals surface area contributed by atoms with E-state index in [-0.39, 0.29) is 18.1 Å². The molecule has 28 heavy (non-hydrogen) atoms. The fraction of sp³-hybridized carbons (Fsp3) is 0.273. The van der Waals surface area contributed by atoms with E-state index < -0.39 is 6.03 Å². The molecule has 0 aromatic heterocycles. The zero-order chi connectivity index (χ0) is 19.7. The van der Waals surface area contributed by atoms with Gasteiger partial charge in [0, 0.05) is 23.8 Å². The van der Waals surface area contributed by atoms with Gasteiger partial charge in [-0.15, -0.1) is 0 Å². The van der Waals surface area contributed by atoms with Crippen molar-refractivity contribution in [2.45, 2.75) is 26.3 Å². The molecule has 0 unspecified atom stereocenters. The largest absolute Gasteiger partial charge is 0.372 e. The summed E-state index contributed by atoms with van der Waals surface area (Å²) < 4.78 is 0. The summed E-state index contributed by atoms with van der Waals surface area (Å²) in [6.07, 6.45) is 4.20. The molecule has 0 bridgehead atoms. The van der Waals surface area contributed by atoms with E-state index in [1.165, 1.54) is 23.4 Å². The van der Waals surface area contributed by atoms with Crippen LogP contribution in [0.2, 0.25) is 5.02 Å². The summed E-state index contributed by atoms with van der Waals surface area (Å²) >= 11 is 6.17. The van der Waals surface area contributed by atoms with Crippen molar-refractivity contribution in [2.75, 3.05) is 18.0 Å². The fourth-order valence-corrected chi connectivity index (χ4v) is 3.86. The molecule has 2 saturated heterocycles. The number of anilines is 1. The van der Waals surface area contributed by atoms with Crippen molar-refractivity contribution < 1.29 is 9.59 Å². The lowest BCUT2D eigenvalue weighted by molar-refractivity contribution is -0.123. The number of hydrogen-bond donors (Lipinski definition) is 1. The number of aryl methyl sites for hydroxylation is 1. The Morgan fingerprint density at radius 2 is 1.86 bits per heavy atom. The first-order valence-corrected chi connectivity index (χ1v) is 9.84. The van der Waals surface area contributed by atoms with Crippen LogP contribution in [0.4, 0.5) is 10.5 Å². The second-order valence-corrected chi connectivity index (χ2v) is 7.61. The van der Waals surface area contributed by atoms with Crippen LogP contribution in [0.5, 0.6) is 0 Å². The maximum Gasteiger partial charge on any atom is 0.329 e. The molecule has 0 saturated carbocycles. The van der Waals surface area contributed by atoms with Crippen molar-refractivity contribution in [3.63, 3.8) is 0 Å². The monoisotopic (exact) mass is 395 g/mol. The molecule has 0 radical (unpaired) electrons. The smallest absolute Gasteiger partial charge is 0.329 e. The maximum absolute atomic E-state index is 12.7. The predicted octanol–water partition coefficient (Wildman–Crippen LogP) is 4.34. The van der Waals surface area contributed by atoms with E-state index in [0.717, 1.165) is 29.8 Å². The van der Waals surface area contributed by atoms with Gasteiger partial charge in [0.05, 0.1) is 6.54 Å². The van der Waals surface area contributed by atoms with Gasteiger partial charge in [-0.2, -0.15) is 0 Å². The second kappa shape index (κ2) is 7.68. The Morgan fingerprint density at radius 1 is 1.11 bits per heavy atom. The summed E-state index contributed by atoms with van der Waals surface area (Å²) in [4.78, 5) is 28.6. The number of benzene rings is 2. The summed E-state index contributed by atoms with van der Waals surface area (Å²) in [7, 11) is 0. The van der Waals surface area contributed by atoms with Gasteiger partial charge in [-0.1, -0.05) is 35.9 Å². The lowest BCUT2D eigenvalue weighted by atomic mass is 10.1. The van der Waals surface area contributed by atoms with Crippen LogP contribution in [-0.4, -0.2) is 29.9 Å². The summed E-state index contributed by atoms with van der Waals surface area (Å²) in [6, 6.07) is 13.0. The summed E-state index contributed by atoms with van der Waals surface area (Å²) in [6.45, 7) is 4.35. The summed E-state index contributed by atoms with van der Waals surface area (Å²) in [5.41, 5.74) is 4.23. The van der Waals surface area contributed by atoms with E-state index in [4.69, 9.17) is 11.6 Å². The number of carbonyl (C=O) groups is 2. The van der Waals surface area contributed by atoms with Crippen LogP contribution >= 0.6 is 11.6 Å². The highest BCUT2D eigenvalue weighted by Gasteiger charge is 2.33. The molecule has 2 fully saturated rings. The van der Waals surface area contributed by atoms with Crippen LogP contribution in [-0.2, 0) is 11.3 Å². The van der Waals surface area contributed by atoms with Crippen LogP contribution in [0.15, 0.2) is 48.2 Å². The minimum atomic E-state index is -0.428. The molecule has 2 aliphatic rings. The number of urea groups is 1. The molecule has 1 N–H and O–H groups in total. The van der Waals surface area contributed by atoms with Crippen molar-refractivity contribution >= 4 is 35.3 Å². The average Bonchev–Trinajstić information content (AvgIpc) is 3.30. The van der Waals surface area contributed by atoms with Crippen LogP contribution in [0.25, 0.3) is 6.08 Å². The topological polar surface area (TPSA) is 52.7 Å². The van der Waals surface area contributed by atoms with Crippen LogP contribution < -0.4 is 10.2 Å². The van der Waals surface area contributed by atoms with Crippen molar-refractivity contribution in [1.29, 1.82) is 0 Å². The SMILES string of the molecule is Cc1cc(N2CCCC2)ccc1/C=C1/NC(=O)N(Cc2ccccc2Cl)C1=O. The molecule has 0 atom stereocenters. The van der Waals surface area contributed by atoms with Crippen LogP contribution in [0, 0.1) is 6.92 Å². The minimum absolute atomic E-state index is 0.147. The number of rotatable bonds is 4. The lowest BCUT2D eigenvalue weighted by Crippen LogP contribution is -2.30. The van der Waals surface area contributed by atoms with E-state index in [1.54, 1.807) is 12.1 Å². The molecular formula is C22H22ClN3O2. The molecule has 0 aliphatic carbocycles. The van der Waals surface area contributed by atoms with Crippen LogP contribution in [0.1, 0.15) is 29.5 Å². The van der Waals surface area contributed by atoms with E-state index in [1.807, 2.05) is 31.2 Å². The van der Waals surface area contributed by atoms with E-state index in [0.29, 0.717) is 5.02 Å². The number of halogens is 1. The Hall–Kier alpha value is -2.79. The molecule has 3 amide bonds. The molecular weight excluding hydrogens is 374 g/mol. The highest BCUT2D eigenvalue weighted by atomic mass is 35.5. The minimum Gasteiger partial charge on any atom is -0.372 e. The fourth-order valence-electron chi connectivity index (χ4n) is 3.66. The molecule has 2 aromatic carbocycles. The van der Waals surface area contributed by atoms with Crippen molar-refractivity contribution in [1.82, 2.24) is 10.2 Å². The standard InChI is InChI=1S/C22H22ClN3O2/c1-15-12-18(25-10-4-5-11-25)9-8-16(15)13-20-21(27)26(22(28)24-20)14-17-6-2-3-7-19(17)23/h2-3,6-9,12-13H,4-5,10-11,14H2,1H3,(H,24,28)/b20-13+. The molecule has 144 valence electrons. The van der Waals surface area contributed by atoms with E-state index >= 15 is 0 Å². The van der Waals surface area contributed by atoms with Gasteiger partial charge < -0.3 is 10.2 Å². The number of amides is 3. The number of imide groups is 1. The highest BCUT2D eigenvalue weighted by molar-refractivity contribution is 6.31. The third-order valence-corrected chi connectivity index (χ3v) is 5.64. The first kappa shape index (κ1) is 18.6. The number of carbonyl (C=O) groups excluding carboxylic acids is 2. The van der Waals surface area contributed by atoms with Crippen molar-refractivity contribution in [3.05, 3.63) is 69.9 Å². The Kier molecular flexibility index (Phi) is 5.09. The molecule has 5 nitrogen and oxygen atoms in total. The van der Waals surface area contributed by atoms with Crippen LogP contribution in [0.3, 0.4) is 0 Å². The van der Waals surface area contributed by atoms with Gasteiger partial charge in [-0.05, 0) is 60.7 Å².